The van der Waals surface area contributed by atoms with Gasteiger partial charge in [-0.1, -0.05) is 13.8 Å². The molecule has 3 N–H and O–H groups in total. The summed E-state index contributed by atoms with van der Waals surface area (Å²) in [5.74, 6) is 0.369. The smallest absolute Gasteiger partial charge is 0.239 e. The van der Waals surface area contributed by atoms with Crippen molar-refractivity contribution in [1.29, 1.82) is 0 Å². The second kappa shape index (κ2) is 6.33. The van der Waals surface area contributed by atoms with Crippen molar-refractivity contribution in [2.75, 3.05) is 19.7 Å². The Morgan fingerprint density at radius 1 is 1.53 bits per heavy atom. The van der Waals surface area contributed by atoms with Crippen LogP contribution >= 0.6 is 0 Å². The van der Waals surface area contributed by atoms with Crippen molar-refractivity contribution in [3.8, 4) is 0 Å². The molecule has 0 spiro atoms. The van der Waals surface area contributed by atoms with Crippen LogP contribution in [0.1, 0.15) is 27.2 Å². The molecule has 0 radical (unpaired) electrons. The van der Waals surface area contributed by atoms with Gasteiger partial charge in [0.2, 0.25) is 5.91 Å². The van der Waals surface area contributed by atoms with E-state index in [1.54, 1.807) is 4.90 Å². The topological polar surface area (TPSA) is 75.8 Å². The highest BCUT2D eigenvalue weighted by Crippen LogP contribution is 2.13. The first-order chi connectivity index (χ1) is 7.93. The number of rotatable bonds is 4. The Morgan fingerprint density at radius 3 is 2.71 bits per heavy atom. The third kappa shape index (κ3) is 4.26. The van der Waals surface area contributed by atoms with Crippen LogP contribution in [-0.4, -0.2) is 53.9 Å². The van der Waals surface area contributed by atoms with Gasteiger partial charge in [-0.2, -0.15) is 0 Å². The average Bonchev–Trinajstić information content (AvgIpc) is 2.26. The summed E-state index contributed by atoms with van der Waals surface area (Å²) in [5.41, 5.74) is 5.89. The highest BCUT2D eigenvalue weighted by atomic mass is 16.5. The molecule has 1 aliphatic rings. The number of hydrogen-bond acceptors (Lipinski definition) is 4. The lowest BCUT2D eigenvalue weighted by molar-refractivity contribution is -0.148. The molecule has 17 heavy (non-hydrogen) atoms. The Labute approximate surface area is 103 Å². The molecule has 5 heteroatoms. The van der Waals surface area contributed by atoms with Crippen LogP contribution in [0, 0.1) is 5.92 Å². The van der Waals surface area contributed by atoms with Gasteiger partial charge in [-0.15, -0.1) is 0 Å². The van der Waals surface area contributed by atoms with Crippen LogP contribution in [0.15, 0.2) is 0 Å². The van der Waals surface area contributed by atoms with Crippen LogP contribution in [0.5, 0.6) is 0 Å². The minimum atomic E-state index is -0.445. The quantitative estimate of drug-likeness (QED) is 0.728. The number of carbonyl (C=O) groups is 1. The van der Waals surface area contributed by atoms with Gasteiger partial charge in [0, 0.05) is 13.1 Å². The van der Waals surface area contributed by atoms with E-state index in [-0.39, 0.29) is 24.7 Å². The van der Waals surface area contributed by atoms with E-state index in [2.05, 4.69) is 0 Å². The molecule has 1 rings (SSSR count). The second-order valence-corrected chi connectivity index (χ2v) is 5.23. The normalized spacial score (nSPS) is 27.3. The number of carbonyl (C=O) groups excluding carboxylic acids is 1. The van der Waals surface area contributed by atoms with Gasteiger partial charge in [-0.3, -0.25) is 4.79 Å². The van der Waals surface area contributed by atoms with E-state index in [9.17, 15) is 4.79 Å². The fraction of sp³-hybridized carbons (Fsp3) is 0.917. The molecular weight excluding hydrogens is 220 g/mol. The van der Waals surface area contributed by atoms with Crippen molar-refractivity contribution in [3.05, 3.63) is 0 Å². The van der Waals surface area contributed by atoms with Gasteiger partial charge in [0.1, 0.15) is 0 Å². The second-order valence-electron chi connectivity index (χ2n) is 5.23. The first-order valence-electron chi connectivity index (χ1n) is 6.24. The molecule has 0 aromatic heterocycles. The molecule has 1 fully saturated rings. The van der Waals surface area contributed by atoms with E-state index in [0.717, 1.165) is 0 Å². The fourth-order valence-corrected chi connectivity index (χ4v) is 2.17. The van der Waals surface area contributed by atoms with E-state index in [0.29, 0.717) is 25.4 Å². The summed E-state index contributed by atoms with van der Waals surface area (Å²) in [6.07, 6.45) is 0.360. The summed E-state index contributed by atoms with van der Waals surface area (Å²) in [4.78, 5) is 13.8. The monoisotopic (exact) mass is 244 g/mol. The zero-order valence-electron chi connectivity index (χ0n) is 10.9. The molecule has 1 aliphatic heterocycles. The van der Waals surface area contributed by atoms with Gasteiger partial charge < -0.3 is 20.5 Å². The minimum Gasteiger partial charge on any atom is -0.394 e. The first-order valence-corrected chi connectivity index (χ1v) is 6.24. The lowest BCUT2D eigenvalue weighted by Gasteiger charge is -2.37. The Balaban J connectivity index is 2.55. The Morgan fingerprint density at radius 2 is 2.18 bits per heavy atom. The summed E-state index contributed by atoms with van der Waals surface area (Å²) in [6, 6.07) is -0.445. The molecule has 1 amide bonds. The van der Waals surface area contributed by atoms with E-state index in [1.165, 1.54) is 0 Å². The fourth-order valence-electron chi connectivity index (χ4n) is 2.17. The predicted octanol–water partition coefficient (Wildman–Crippen LogP) is -0.0320. The van der Waals surface area contributed by atoms with Crippen molar-refractivity contribution >= 4 is 5.91 Å². The summed E-state index contributed by atoms with van der Waals surface area (Å²) >= 11 is 0. The van der Waals surface area contributed by atoms with Gasteiger partial charge in [0.15, 0.2) is 0 Å². The third-order valence-electron chi connectivity index (χ3n) is 2.88. The summed E-state index contributed by atoms with van der Waals surface area (Å²) < 4.78 is 5.49. The molecule has 0 aromatic carbocycles. The summed E-state index contributed by atoms with van der Waals surface area (Å²) in [5, 5.41) is 9.10. The highest BCUT2D eigenvalue weighted by molar-refractivity contribution is 5.81. The minimum absolute atomic E-state index is 0.0349. The first kappa shape index (κ1) is 14.4. The van der Waals surface area contributed by atoms with E-state index >= 15 is 0 Å². The van der Waals surface area contributed by atoms with Crippen molar-refractivity contribution in [2.45, 2.75) is 45.4 Å². The summed E-state index contributed by atoms with van der Waals surface area (Å²) in [7, 11) is 0. The Hall–Kier alpha value is -0.650. The molecule has 1 saturated heterocycles. The maximum Gasteiger partial charge on any atom is 0.239 e. The van der Waals surface area contributed by atoms with Crippen LogP contribution in [0.2, 0.25) is 0 Å². The molecule has 1 heterocycles. The molecule has 0 aliphatic carbocycles. The number of amides is 1. The maximum atomic E-state index is 12.1. The molecule has 0 aromatic rings. The van der Waals surface area contributed by atoms with Gasteiger partial charge in [0.25, 0.3) is 0 Å². The van der Waals surface area contributed by atoms with Crippen molar-refractivity contribution in [1.82, 2.24) is 4.90 Å². The van der Waals surface area contributed by atoms with Gasteiger partial charge in [-0.05, 0) is 19.3 Å². The van der Waals surface area contributed by atoms with Crippen LogP contribution < -0.4 is 5.73 Å². The molecule has 0 bridgehead atoms. The highest BCUT2D eigenvalue weighted by Gasteiger charge is 2.30. The lowest BCUT2D eigenvalue weighted by Crippen LogP contribution is -2.54. The molecular formula is C12H24N2O3. The van der Waals surface area contributed by atoms with Crippen molar-refractivity contribution < 1.29 is 14.6 Å². The maximum absolute atomic E-state index is 12.1. The number of nitrogens with two attached hydrogens (primary N) is 1. The predicted molar refractivity (Wildman–Crippen MR) is 65.4 cm³/mol. The van der Waals surface area contributed by atoms with Crippen molar-refractivity contribution in [2.24, 2.45) is 11.7 Å². The van der Waals surface area contributed by atoms with Crippen molar-refractivity contribution in [3.63, 3.8) is 0 Å². The Bertz CT molecular complexity index is 258. The van der Waals surface area contributed by atoms with Crippen LogP contribution in [0.25, 0.3) is 0 Å². The Kier molecular flexibility index (Phi) is 5.36. The molecule has 100 valence electrons. The van der Waals surface area contributed by atoms with Gasteiger partial charge >= 0.3 is 0 Å². The number of nitrogens with zero attached hydrogens (tertiary/aromatic N) is 1. The molecule has 3 atom stereocenters. The van der Waals surface area contributed by atoms with Gasteiger partial charge in [0.05, 0.1) is 24.9 Å². The van der Waals surface area contributed by atoms with Crippen LogP contribution in [0.3, 0.4) is 0 Å². The molecule has 5 nitrogen and oxygen atoms in total. The number of morpholine rings is 1. The zero-order valence-corrected chi connectivity index (χ0v) is 10.9. The number of ether oxygens (including phenoxy) is 1. The van der Waals surface area contributed by atoms with Crippen LogP contribution in [0.4, 0.5) is 0 Å². The largest absolute Gasteiger partial charge is 0.394 e. The standard InChI is InChI=1S/C12H24N2O3/c1-8(2)4-11(13)12(16)14-5-9(3)17-10(6-14)7-15/h8-11,15H,4-7,13H2,1-3H3/t9?,10?,11-/m0/s1. The zero-order chi connectivity index (χ0) is 13.0. The van der Waals surface area contributed by atoms with Crippen LogP contribution in [-0.2, 0) is 9.53 Å². The molecule has 0 saturated carbocycles. The van der Waals surface area contributed by atoms with Gasteiger partial charge in [-0.25, -0.2) is 0 Å². The number of aliphatic hydroxyl groups excluding tert-OH is 1. The average molecular weight is 244 g/mol. The summed E-state index contributed by atoms with van der Waals surface area (Å²) in [6.45, 7) is 6.92. The van der Waals surface area contributed by atoms with E-state index in [1.807, 2.05) is 20.8 Å². The van der Waals surface area contributed by atoms with E-state index in [4.69, 9.17) is 15.6 Å². The molecule has 2 unspecified atom stereocenters. The third-order valence-corrected chi connectivity index (χ3v) is 2.88. The number of aliphatic hydroxyl groups is 1. The van der Waals surface area contributed by atoms with E-state index < -0.39 is 6.04 Å². The SMILES string of the molecule is CC(C)C[C@H](N)C(=O)N1CC(C)OC(CO)C1. The number of hydrogen-bond donors (Lipinski definition) is 2. The lowest BCUT2D eigenvalue weighted by atomic mass is 10.0.